The van der Waals surface area contributed by atoms with Gasteiger partial charge in [-0.25, -0.2) is 0 Å². The summed E-state index contributed by atoms with van der Waals surface area (Å²) in [6.07, 6.45) is 1.87. The van der Waals surface area contributed by atoms with Crippen molar-refractivity contribution in [2.45, 2.75) is 23.6 Å². The van der Waals surface area contributed by atoms with Gasteiger partial charge >= 0.3 is 0 Å². The maximum Gasteiger partial charge on any atom is 0.143 e. The van der Waals surface area contributed by atoms with Crippen LogP contribution in [0.25, 0.3) is 0 Å². The number of rotatable bonds is 9. The number of nitriles is 1. The van der Waals surface area contributed by atoms with E-state index in [-0.39, 0.29) is 18.0 Å². The number of benzene rings is 4. The molecule has 0 spiro atoms. The Hall–Kier alpha value is -3.49. The third-order valence-corrected chi connectivity index (χ3v) is 7.81. The molecule has 3 nitrogen and oxygen atoms in total. The Bertz CT molecular complexity index is 1250. The van der Waals surface area contributed by atoms with Crippen molar-refractivity contribution in [3.8, 4) is 6.07 Å². The highest BCUT2D eigenvalue weighted by Crippen LogP contribution is 2.45. The fraction of sp³-hybridized carbons (Fsp3) is 0.182. The molecule has 37 heavy (non-hydrogen) atoms. The van der Waals surface area contributed by atoms with Gasteiger partial charge in [0, 0.05) is 23.0 Å². The van der Waals surface area contributed by atoms with Crippen LogP contribution in [0.1, 0.15) is 28.2 Å². The Morgan fingerprint density at radius 3 is 1.73 bits per heavy atom. The van der Waals surface area contributed by atoms with Gasteiger partial charge in [-0.3, -0.25) is 4.90 Å². The quantitative estimate of drug-likeness (QED) is 0.162. The molecule has 3 atom stereocenters. The van der Waals surface area contributed by atoms with E-state index in [9.17, 15) is 5.26 Å². The summed E-state index contributed by atoms with van der Waals surface area (Å²) in [6.45, 7) is 5.03. The van der Waals surface area contributed by atoms with Crippen LogP contribution >= 0.6 is 15.9 Å². The molecule has 0 unspecified atom stereocenters. The van der Waals surface area contributed by atoms with Crippen molar-refractivity contribution in [3.63, 3.8) is 0 Å². The highest BCUT2D eigenvalue weighted by molar-refractivity contribution is 9.10. The van der Waals surface area contributed by atoms with E-state index in [2.05, 4.69) is 118 Å². The van der Waals surface area contributed by atoms with Gasteiger partial charge in [0.1, 0.15) is 11.6 Å². The molecule has 4 heteroatoms. The molecule has 1 heterocycles. The maximum absolute atomic E-state index is 10.1. The van der Waals surface area contributed by atoms with E-state index in [0.29, 0.717) is 13.2 Å². The van der Waals surface area contributed by atoms with E-state index in [0.717, 1.165) is 26.7 Å². The number of nitrogens with zero attached hydrogens (tertiary/aromatic N) is 2. The standard InChI is InChI=1S/C33H29BrN2O/c1-2-22-36-30(23-35)32(25-18-20-29(34)21-19-25)31(36)24-37-33(26-12-6-3-7-13-26,27-14-8-4-9-15-27)28-16-10-5-11-17-28/h2-21,30-32H,1,22,24H2/t30-,31+,32-/m1/s1. The first kappa shape index (κ1) is 25.2. The average molecular weight is 550 g/mol. The lowest BCUT2D eigenvalue weighted by Crippen LogP contribution is -2.63. The highest BCUT2D eigenvalue weighted by Gasteiger charge is 2.50. The van der Waals surface area contributed by atoms with Gasteiger partial charge in [0.15, 0.2) is 0 Å². The normalized spacial score (nSPS) is 19.5. The van der Waals surface area contributed by atoms with E-state index >= 15 is 0 Å². The Balaban J connectivity index is 1.59. The van der Waals surface area contributed by atoms with Crippen LogP contribution in [0.5, 0.6) is 0 Å². The molecule has 1 saturated heterocycles. The van der Waals surface area contributed by atoms with Crippen molar-refractivity contribution in [1.29, 1.82) is 5.26 Å². The Labute approximate surface area is 227 Å². The van der Waals surface area contributed by atoms with Crippen molar-refractivity contribution in [2.75, 3.05) is 13.2 Å². The number of ether oxygens (including phenoxy) is 1. The van der Waals surface area contributed by atoms with Crippen LogP contribution in [-0.4, -0.2) is 30.1 Å². The molecule has 184 valence electrons. The molecule has 5 rings (SSSR count). The van der Waals surface area contributed by atoms with Gasteiger partial charge in [0.25, 0.3) is 0 Å². The number of halogens is 1. The molecule has 0 aromatic heterocycles. The smallest absolute Gasteiger partial charge is 0.143 e. The maximum atomic E-state index is 10.1. The monoisotopic (exact) mass is 548 g/mol. The highest BCUT2D eigenvalue weighted by atomic mass is 79.9. The minimum atomic E-state index is -0.800. The second-order valence-electron chi connectivity index (χ2n) is 9.29. The van der Waals surface area contributed by atoms with Gasteiger partial charge in [-0.05, 0) is 34.4 Å². The summed E-state index contributed by atoms with van der Waals surface area (Å²) in [6, 6.07) is 41.9. The molecule has 0 saturated carbocycles. The van der Waals surface area contributed by atoms with E-state index in [1.165, 1.54) is 0 Å². The van der Waals surface area contributed by atoms with Gasteiger partial charge in [0.05, 0.1) is 12.7 Å². The Morgan fingerprint density at radius 2 is 1.30 bits per heavy atom. The molecule has 1 aliphatic rings. The van der Waals surface area contributed by atoms with Crippen LogP contribution in [0.2, 0.25) is 0 Å². The van der Waals surface area contributed by atoms with Gasteiger partial charge in [-0.1, -0.05) is 125 Å². The van der Waals surface area contributed by atoms with E-state index in [4.69, 9.17) is 4.74 Å². The SMILES string of the molecule is C=CCN1[C@H](C#N)[C@@H](c2ccc(Br)cc2)[C@@H]1COC(c1ccccc1)(c1ccccc1)c1ccccc1. The first-order chi connectivity index (χ1) is 18.2. The summed E-state index contributed by atoms with van der Waals surface area (Å²) >= 11 is 3.54. The van der Waals surface area contributed by atoms with Crippen molar-refractivity contribution < 1.29 is 4.74 Å². The Kier molecular flexibility index (Phi) is 7.67. The zero-order valence-electron chi connectivity index (χ0n) is 20.6. The molecule has 0 N–H and O–H groups in total. The zero-order valence-corrected chi connectivity index (χ0v) is 22.2. The molecule has 4 aromatic rings. The zero-order chi connectivity index (χ0) is 25.7. The lowest BCUT2D eigenvalue weighted by molar-refractivity contribution is -0.0750. The number of hydrogen-bond acceptors (Lipinski definition) is 3. The predicted molar refractivity (Wildman–Crippen MR) is 152 cm³/mol. The predicted octanol–water partition coefficient (Wildman–Crippen LogP) is 7.30. The third-order valence-electron chi connectivity index (χ3n) is 7.28. The van der Waals surface area contributed by atoms with Crippen LogP contribution in [-0.2, 0) is 10.3 Å². The van der Waals surface area contributed by atoms with Crippen LogP contribution in [0.15, 0.2) is 132 Å². The van der Waals surface area contributed by atoms with Crippen LogP contribution < -0.4 is 0 Å². The van der Waals surface area contributed by atoms with Crippen molar-refractivity contribution in [3.05, 3.63) is 155 Å². The third kappa shape index (κ3) is 4.79. The molecule has 1 aliphatic heterocycles. The van der Waals surface area contributed by atoms with E-state index < -0.39 is 5.60 Å². The number of likely N-dealkylation sites (tertiary alicyclic amines) is 1. The fourth-order valence-electron chi connectivity index (χ4n) is 5.55. The van der Waals surface area contributed by atoms with Crippen molar-refractivity contribution in [1.82, 2.24) is 4.90 Å². The van der Waals surface area contributed by atoms with E-state index in [1.54, 1.807) is 0 Å². The molecular weight excluding hydrogens is 520 g/mol. The molecule has 0 bridgehead atoms. The van der Waals surface area contributed by atoms with Gasteiger partial charge in [-0.2, -0.15) is 5.26 Å². The van der Waals surface area contributed by atoms with Gasteiger partial charge in [-0.15, -0.1) is 6.58 Å². The van der Waals surface area contributed by atoms with Crippen LogP contribution in [0.4, 0.5) is 0 Å². The largest absolute Gasteiger partial charge is 0.359 e. The molecule has 0 amide bonds. The minimum absolute atomic E-state index is 0.0272. The summed E-state index contributed by atoms with van der Waals surface area (Å²) in [7, 11) is 0. The summed E-state index contributed by atoms with van der Waals surface area (Å²) in [5, 5.41) is 10.1. The first-order valence-corrected chi connectivity index (χ1v) is 13.3. The second-order valence-corrected chi connectivity index (χ2v) is 10.2. The average Bonchev–Trinajstić information content (AvgIpc) is 2.95. The van der Waals surface area contributed by atoms with Crippen LogP contribution in [0.3, 0.4) is 0 Å². The fourth-order valence-corrected chi connectivity index (χ4v) is 5.81. The van der Waals surface area contributed by atoms with Crippen LogP contribution in [0, 0.1) is 11.3 Å². The molecule has 1 fully saturated rings. The second kappa shape index (κ2) is 11.3. The summed E-state index contributed by atoms with van der Waals surface area (Å²) in [4.78, 5) is 2.20. The summed E-state index contributed by atoms with van der Waals surface area (Å²) in [5.41, 5.74) is 3.55. The topological polar surface area (TPSA) is 36.3 Å². The minimum Gasteiger partial charge on any atom is -0.359 e. The molecule has 0 radical (unpaired) electrons. The van der Waals surface area contributed by atoms with Crippen molar-refractivity contribution >= 4 is 15.9 Å². The van der Waals surface area contributed by atoms with Crippen molar-refractivity contribution in [2.24, 2.45) is 0 Å². The summed E-state index contributed by atoms with van der Waals surface area (Å²) in [5.74, 6) is 0.0399. The lowest BCUT2D eigenvalue weighted by Gasteiger charge is -2.53. The van der Waals surface area contributed by atoms with Gasteiger partial charge in [0.2, 0.25) is 0 Å². The Morgan fingerprint density at radius 1 is 0.811 bits per heavy atom. The lowest BCUT2D eigenvalue weighted by atomic mass is 9.75. The molecule has 0 aliphatic carbocycles. The summed E-state index contributed by atoms with van der Waals surface area (Å²) < 4.78 is 8.17. The molecule has 4 aromatic carbocycles. The van der Waals surface area contributed by atoms with Gasteiger partial charge < -0.3 is 4.74 Å². The van der Waals surface area contributed by atoms with E-state index in [1.807, 2.05) is 36.4 Å². The first-order valence-electron chi connectivity index (χ1n) is 12.5. The molecular formula is C33H29BrN2O. The number of hydrogen-bond donors (Lipinski definition) is 0.